The maximum absolute atomic E-state index is 13.6. The van der Waals surface area contributed by atoms with Crippen LogP contribution in [0, 0.1) is 23.7 Å². The molecule has 0 aromatic heterocycles. The van der Waals surface area contributed by atoms with Crippen molar-refractivity contribution in [3.63, 3.8) is 0 Å². The zero-order valence-electron chi connectivity index (χ0n) is 45.5. The second kappa shape index (κ2) is 34.7. The SMILES string of the molecule is CC(C)C[C@H](NC(=O)[C@H](CCC(N)=O)NC(=O)[C@H](CO)NC(=O)[C@@H](NC(=O)CNC(=O)[C@@H](NC(=O)[C@@H](NC(=O)[C@H](CCC(=O)O)NC(=O)[C@@H](N)CC1CCCCC1)[C@@H](C)O)C(C)C)C(C)C)C(=O)N[C@@H](CCC(=O)O)C(N)=O. The van der Waals surface area contributed by atoms with Crippen molar-refractivity contribution in [2.24, 2.45) is 40.9 Å². The first-order chi connectivity index (χ1) is 36.4. The maximum Gasteiger partial charge on any atom is 0.303 e. The van der Waals surface area contributed by atoms with Crippen LogP contribution in [0.5, 0.6) is 0 Å². The van der Waals surface area contributed by atoms with Gasteiger partial charge in [-0.3, -0.25) is 62.3 Å². The quantitative estimate of drug-likeness (QED) is 0.0281. The van der Waals surface area contributed by atoms with E-state index in [1.54, 1.807) is 13.8 Å². The lowest BCUT2D eigenvalue weighted by atomic mass is 9.85. The molecular weight excluding hydrogens is 1030 g/mol. The van der Waals surface area contributed by atoms with Gasteiger partial charge in [-0.1, -0.05) is 73.6 Å². The Bertz CT molecular complexity index is 2100. The summed E-state index contributed by atoms with van der Waals surface area (Å²) in [6, 6.07) is -13.2. The first kappa shape index (κ1) is 69.0. The summed E-state index contributed by atoms with van der Waals surface area (Å²) in [5.74, 6) is -14.6. The van der Waals surface area contributed by atoms with Crippen LogP contribution in [-0.2, 0) is 62.3 Å². The van der Waals surface area contributed by atoms with E-state index in [0.29, 0.717) is 6.42 Å². The third-order valence-electron chi connectivity index (χ3n) is 12.7. The fourth-order valence-corrected chi connectivity index (χ4v) is 8.26. The monoisotopic (exact) mass is 1110 g/mol. The van der Waals surface area contributed by atoms with Crippen LogP contribution in [0.15, 0.2) is 0 Å². The molecule has 29 heteroatoms. The summed E-state index contributed by atoms with van der Waals surface area (Å²) in [4.78, 5) is 167. The Morgan fingerprint density at radius 2 is 0.923 bits per heavy atom. The van der Waals surface area contributed by atoms with Crippen LogP contribution in [0.25, 0.3) is 0 Å². The standard InChI is InChI=1S/C49H84N12O17/c1-23(2)19-32(45(74)54-29(41(52)70)14-17-36(66)67)57-43(72)30(13-16-34(51)64)56-46(75)33(22-62)58-48(77)39(25(5)6)59-35(65)21-53-47(76)38(24(3)4)60-49(78)40(26(7)63)61-44(73)31(15-18-37(68)69)55-42(71)28(50)20-27-11-9-8-10-12-27/h23-33,38-40,62-63H,8-22,50H2,1-7H3,(H2,51,64)(H2,52,70)(H,53,76)(H,54,74)(H,55,71)(H,56,75)(H,57,72)(H,58,77)(H,59,65)(H,60,78)(H,61,73)(H,66,67)(H,68,69)/t26-,28+,29+,30+,31+,32+,33+,38+,39+,40+/m1/s1. The lowest BCUT2D eigenvalue weighted by molar-refractivity contribution is -0.139. The highest BCUT2D eigenvalue weighted by Gasteiger charge is 2.37. The number of aliphatic hydroxyl groups is 2. The van der Waals surface area contributed by atoms with Gasteiger partial charge in [-0.25, -0.2) is 0 Å². The minimum atomic E-state index is -1.78. The van der Waals surface area contributed by atoms with E-state index >= 15 is 0 Å². The number of rotatable bonds is 36. The molecule has 1 aliphatic rings. The molecule has 19 N–H and O–H groups in total. The van der Waals surface area contributed by atoms with Crippen LogP contribution in [-0.4, -0.2) is 171 Å². The number of nitrogens with two attached hydrogens (primary N) is 3. The zero-order valence-corrected chi connectivity index (χ0v) is 45.5. The van der Waals surface area contributed by atoms with Crippen LogP contribution in [0.2, 0.25) is 0 Å². The largest absolute Gasteiger partial charge is 0.481 e. The van der Waals surface area contributed by atoms with Crippen molar-refractivity contribution < 1.29 is 82.8 Å². The summed E-state index contributed by atoms with van der Waals surface area (Å²) >= 11 is 0. The molecule has 1 fully saturated rings. The smallest absolute Gasteiger partial charge is 0.303 e. The predicted molar refractivity (Wildman–Crippen MR) is 277 cm³/mol. The molecular formula is C49H84N12O17. The number of carboxylic acid groups (broad SMARTS) is 2. The van der Waals surface area contributed by atoms with Crippen LogP contribution in [0.1, 0.15) is 132 Å². The Kier molecular flexibility index (Phi) is 30.7. The topological polar surface area (TPSA) is 489 Å². The van der Waals surface area contributed by atoms with E-state index in [1.807, 2.05) is 0 Å². The minimum absolute atomic E-state index is 0.0268. The van der Waals surface area contributed by atoms with Crippen LogP contribution in [0.3, 0.4) is 0 Å². The van der Waals surface area contributed by atoms with Crippen LogP contribution >= 0.6 is 0 Å². The van der Waals surface area contributed by atoms with Gasteiger partial charge >= 0.3 is 11.9 Å². The molecule has 11 amide bonds. The first-order valence-electron chi connectivity index (χ1n) is 26.1. The number of carboxylic acids is 2. The van der Waals surface area contributed by atoms with E-state index in [0.717, 1.165) is 32.1 Å². The normalized spacial score (nSPS) is 16.5. The number of nitrogens with one attached hydrogen (secondary N) is 9. The highest BCUT2D eigenvalue weighted by molar-refractivity contribution is 5.98. The molecule has 10 atom stereocenters. The Hall–Kier alpha value is -7.01. The van der Waals surface area contributed by atoms with Crippen LogP contribution < -0.4 is 65.1 Å². The highest BCUT2D eigenvalue weighted by Crippen LogP contribution is 2.27. The molecule has 1 saturated carbocycles. The molecule has 29 nitrogen and oxygen atoms in total. The summed E-state index contributed by atoms with van der Waals surface area (Å²) in [5.41, 5.74) is 16.8. The Balaban J connectivity index is 3.12. The van der Waals surface area contributed by atoms with E-state index in [9.17, 15) is 77.6 Å². The zero-order chi connectivity index (χ0) is 59.6. The van der Waals surface area contributed by atoms with Gasteiger partial charge in [0.15, 0.2) is 0 Å². The summed E-state index contributed by atoms with van der Waals surface area (Å²) < 4.78 is 0. The fraction of sp³-hybridized carbons (Fsp3) is 0.735. The van der Waals surface area contributed by atoms with Gasteiger partial charge in [-0.15, -0.1) is 0 Å². The van der Waals surface area contributed by atoms with Gasteiger partial charge in [0, 0.05) is 19.3 Å². The van der Waals surface area contributed by atoms with Gasteiger partial charge in [0.1, 0.15) is 48.3 Å². The molecule has 0 spiro atoms. The average Bonchev–Trinajstić information content (AvgIpc) is 3.34. The van der Waals surface area contributed by atoms with Crippen LogP contribution in [0.4, 0.5) is 0 Å². The van der Waals surface area contributed by atoms with Crippen molar-refractivity contribution in [1.82, 2.24) is 47.9 Å². The first-order valence-corrected chi connectivity index (χ1v) is 26.1. The van der Waals surface area contributed by atoms with Crippen molar-refractivity contribution >= 4 is 76.9 Å². The maximum atomic E-state index is 13.6. The highest BCUT2D eigenvalue weighted by atomic mass is 16.4. The lowest BCUT2D eigenvalue weighted by Crippen LogP contribution is -2.61. The van der Waals surface area contributed by atoms with Gasteiger partial charge in [-0.2, -0.15) is 0 Å². The second-order valence-electron chi connectivity index (χ2n) is 20.7. The fourth-order valence-electron chi connectivity index (χ4n) is 8.26. The Morgan fingerprint density at radius 3 is 1.41 bits per heavy atom. The molecule has 0 aromatic carbocycles. The molecule has 0 radical (unpaired) electrons. The predicted octanol–water partition coefficient (Wildman–Crippen LogP) is -4.51. The molecule has 0 unspecified atom stereocenters. The van der Waals surface area contributed by atoms with Crippen molar-refractivity contribution in [3.8, 4) is 0 Å². The number of carbonyl (C=O) groups is 13. The van der Waals surface area contributed by atoms with Crippen molar-refractivity contribution in [2.75, 3.05) is 13.2 Å². The third kappa shape index (κ3) is 25.9. The van der Waals surface area contributed by atoms with E-state index in [-0.39, 0.29) is 31.1 Å². The molecule has 442 valence electrons. The number of primary amides is 2. The Morgan fingerprint density at radius 1 is 0.500 bits per heavy atom. The Labute approximate surface area is 452 Å². The van der Waals surface area contributed by atoms with E-state index < -0.39 is 188 Å². The average molecular weight is 1110 g/mol. The molecule has 0 bridgehead atoms. The molecule has 1 aliphatic carbocycles. The van der Waals surface area contributed by atoms with E-state index in [1.165, 1.54) is 34.6 Å². The molecule has 0 heterocycles. The van der Waals surface area contributed by atoms with Crippen molar-refractivity contribution in [1.29, 1.82) is 0 Å². The number of amides is 11. The molecule has 0 aromatic rings. The van der Waals surface area contributed by atoms with E-state index in [2.05, 4.69) is 47.9 Å². The molecule has 0 aliphatic heterocycles. The molecule has 78 heavy (non-hydrogen) atoms. The van der Waals surface area contributed by atoms with Gasteiger partial charge in [0.05, 0.1) is 25.3 Å². The number of aliphatic carboxylic acids is 2. The summed E-state index contributed by atoms with van der Waals surface area (Å²) in [7, 11) is 0. The number of hydrogen-bond acceptors (Lipinski definition) is 16. The second-order valence-corrected chi connectivity index (χ2v) is 20.7. The number of aliphatic hydroxyl groups excluding tert-OH is 2. The lowest BCUT2D eigenvalue weighted by Gasteiger charge is -2.29. The summed E-state index contributed by atoms with van der Waals surface area (Å²) in [6.07, 6.45) is 0.887. The van der Waals surface area contributed by atoms with Crippen molar-refractivity contribution in [3.05, 3.63) is 0 Å². The summed E-state index contributed by atoms with van der Waals surface area (Å²) in [5, 5.41) is 60.4. The van der Waals surface area contributed by atoms with Crippen molar-refractivity contribution in [2.45, 2.75) is 192 Å². The van der Waals surface area contributed by atoms with Gasteiger partial charge in [0.2, 0.25) is 65.0 Å². The van der Waals surface area contributed by atoms with Gasteiger partial charge in [-0.05, 0) is 62.7 Å². The summed E-state index contributed by atoms with van der Waals surface area (Å²) in [6.45, 7) is 8.83. The minimum Gasteiger partial charge on any atom is -0.481 e. The molecule has 0 saturated heterocycles. The number of carbonyl (C=O) groups excluding carboxylic acids is 11. The van der Waals surface area contributed by atoms with Gasteiger partial charge in [0.25, 0.3) is 0 Å². The third-order valence-corrected chi connectivity index (χ3v) is 12.7. The molecule has 1 rings (SSSR count). The van der Waals surface area contributed by atoms with Gasteiger partial charge < -0.3 is 85.5 Å². The number of hydrogen-bond donors (Lipinski definition) is 16. The van der Waals surface area contributed by atoms with E-state index in [4.69, 9.17) is 22.3 Å².